The van der Waals surface area contributed by atoms with Crippen LogP contribution in [0.25, 0.3) is 0 Å². The van der Waals surface area contributed by atoms with E-state index >= 15 is 0 Å². The lowest BCUT2D eigenvalue weighted by Gasteiger charge is -2.12. The Morgan fingerprint density at radius 2 is 1.52 bits per heavy atom. The van der Waals surface area contributed by atoms with Crippen molar-refractivity contribution in [3.63, 3.8) is 0 Å². The SMILES string of the molecule is COC(=O)c1ccc(C(=O)OC)c(NC(=O)Nc2ccccc2O)c1. The molecule has 25 heavy (non-hydrogen) atoms. The summed E-state index contributed by atoms with van der Waals surface area (Å²) in [7, 11) is 2.41. The molecular weight excluding hydrogens is 328 g/mol. The lowest BCUT2D eigenvalue weighted by Crippen LogP contribution is -2.21. The second kappa shape index (κ2) is 7.82. The van der Waals surface area contributed by atoms with Gasteiger partial charge in [-0.05, 0) is 30.3 Å². The molecule has 0 saturated carbocycles. The summed E-state index contributed by atoms with van der Waals surface area (Å²) < 4.78 is 9.27. The van der Waals surface area contributed by atoms with Crippen molar-refractivity contribution in [1.82, 2.24) is 0 Å². The van der Waals surface area contributed by atoms with E-state index < -0.39 is 18.0 Å². The van der Waals surface area contributed by atoms with Gasteiger partial charge in [-0.2, -0.15) is 0 Å². The van der Waals surface area contributed by atoms with Crippen LogP contribution in [0.15, 0.2) is 42.5 Å². The molecule has 0 heterocycles. The number of methoxy groups -OCH3 is 2. The molecule has 2 aromatic carbocycles. The molecule has 8 heteroatoms. The molecule has 3 N–H and O–H groups in total. The van der Waals surface area contributed by atoms with Crippen LogP contribution >= 0.6 is 0 Å². The van der Waals surface area contributed by atoms with Gasteiger partial charge in [-0.3, -0.25) is 0 Å². The van der Waals surface area contributed by atoms with E-state index in [-0.39, 0.29) is 28.3 Å². The molecule has 0 saturated heterocycles. The Kier molecular flexibility index (Phi) is 5.57. The third-order valence-corrected chi connectivity index (χ3v) is 3.25. The summed E-state index contributed by atoms with van der Waals surface area (Å²) in [5.74, 6) is -1.43. The standard InChI is InChI=1S/C17H16N2O6/c1-24-15(21)10-7-8-11(16(22)25-2)13(9-10)19-17(23)18-12-5-3-4-6-14(12)20/h3-9,20H,1-2H3,(H2,18,19,23). The summed E-state index contributed by atoms with van der Waals surface area (Å²) in [6.45, 7) is 0. The van der Waals surface area contributed by atoms with Gasteiger partial charge >= 0.3 is 18.0 Å². The van der Waals surface area contributed by atoms with E-state index in [4.69, 9.17) is 0 Å². The Bertz CT molecular complexity index is 819. The Morgan fingerprint density at radius 1 is 0.880 bits per heavy atom. The number of aromatic hydroxyl groups is 1. The minimum atomic E-state index is -0.714. The predicted octanol–water partition coefficient (Wildman–Crippen LogP) is 2.61. The summed E-state index contributed by atoms with van der Waals surface area (Å²) >= 11 is 0. The van der Waals surface area contributed by atoms with E-state index in [9.17, 15) is 19.5 Å². The van der Waals surface area contributed by atoms with Crippen molar-refractivity contribution in [2.24, 2.45) is 0 Å². The summed E-state index contributed by atoms with van der Waals surface area (Å²) in [5, 5.41) is 14.6. The molecule has 8 nitrogen and oxygen atoms in total. The third-order valence-electron chi connectivity index (χ3n) is 3.25. The Labute approximate surface area is 143 Å². The minimum absolute atomic E-state index is 0.0580. The number of phenolic OH excluding ortho intramolecular Hbond substituents is 1. The molecule has 0 radical (unpaired) electrons. The van der Waals surface area contributed by atoms with E-state index in [2.05, 4.69) is 20.1 Å². The van der Waals surface area contributed by atoms with Crippen LogP contribution in [-0.4, -0.2) is 37.3 Å². The van der Waals surface area contributed by atoms with Crippen LogP contribution in [0, 0.1) is 0 Å². The van der Waals surface area contributed by atoms with Crippen molar-refractivity contribution in [2.75, 3.05) is 24.9 Å². The van der Waals surface area contributed by atoms with E-state index in [0.717, 1.165) is 0 Å². The maximum absolute atomic E-state index is 12.1. The van der Waals surface area contributed by atoms with E-state index in [1.54, 1.807) is 12.1 Å². The number of hydrogen-bond donors (Lipinski definition) is 3. The molecule has 0 aliphatic carbocycles. The zero-order valence-electron chi connectivity index (χ0n) is 13.5. The second-order valence-electron chi connectivity index (χ2n) is 4.84. The predicted molar refractivity (Wildman–Crippen MR) is 89.9 cm³/mol. The highest BCUT2D eigenvalue weighted by molar-refractivity contribution is 6.06. The van der Waals surface area contributed by atoms with Crippen LogP contribution in [0.5, 0.6) is 5.75 Å². The first kappa shape index (κ1) is 17.8. The molecule has 0 bridgehead atoms. The molecule has 0 spiro atoms. The topological polar surface area (TPSA) is 114 Å². The van der Waals surface area contributed by atoms with Gasteiger partial charge in [-0.15, -0.1) is 0 Å². The molecule has 2 aromatic rings. The van der Waals surface area contributed by atoms with Gasteiger partial charge in [-0.1, -0.05) is 12.1 Å². The van der Waals surface area contributed by atoms with Crippen molar-refractivity contribution >= 4 is 29.3 Å². The number of phenols is 1. The maximum Gasteiger partial charge on any atom is 0.339 e. The first-order chi connectivity index (χ1) is 12.0. The quantitative estimate of drug-likeness (QED) is 0.580. The molecule has 130 valence electrons. The highest BCUT2D eigenvalue weighted by Crippen LogP contribution is 2.23. The largest absolute Gasteiger partial charge is 0.506 e. The minimum Gasteiger partial charge on any atom is -0.506 e. The van der Waals surface area contributed by atoms with E-state index in [0.29, 0.717) is 0 Å². The van der Waals surface area contributed by atoms with Crippen molar-refractivity contribution in [3.8, 4) is 5.75 Å². The van der Waals surface area contributed by atoms with Crippen molar-refractivity contribution < 1.29 is 29.0 Å². The van der Waals surface area contributed by atoms with Gasteiger partial charge in [-0.25, -0.2) is 14.4 Å². The fourth-order valence-electron chi connectivity index (χ4n) is 2.04. The monoisotopic (exact) mass is 344 g/mol. The van der Waals surface area contributed by atoms with Crippen molar-refractivity contribution in [3.05, 3.63) is 53.6 Å². The summed E-state index contributed by atoms with van der Waals surface area (Å²) in [6.07, 6.45) is 0. The molecule has 0 aliphatic heterocycles. The number of urea groups is 1. The number of rotatable bonds is 4. The number of hydrogen-bond acceptors (Lipinski definition) is 6. The highest BCUT2D eigenvalue weighted by atomic mass is 16.5. The number of carbonyl (C=O) groups excluding carboxylic acids is 3. The molecule has 0 fully saturated rings. The maximum atomic E-state index is 12.1. The number of ether oxygens (including phenoxy) is 2. The molecule has 0 unspecified atom stereocenters. The summed E-state index contributed by atoms with van der Waals surface area (Å²) in [4.78, 5) is 35.6. The summed E-state index contributed by atoms with van der Waals surface area (Å²) in [6, 6.07) is 9.45. The number of carbonyl (C=O) groups is 3. The average molecular weight is 344 g/mol. The van der Waals surface area contributed by atoms with Gasteiger partial charge in [0.2, 0.25) is 0 Å². The van der Waals surface area contributed by atoms with Gasteiger partial charge < -0.3 is 25.2 Å². The number of esters is 2. The van der Waals surface area contributed by atoms with Crippen molar-refractivity contribution in [1.29, 1.82) is 0 Å². The molecule has 2 amide bonds. The number of amides is 2. The fourth-order valence-corrected chi connectivity index (χ4v) is 2.04. The smallest absolute Gasteiger partial charge is 0.339 e. The highest BCUT2D eigenvalue weighted by Gasteiger charge is 2.17. The fraction of sp³-hybridized carbons (Fsp3) is 0.118. The second-order valence-corrected chi connectivity index (χ2v) is 4.84. The van der Waals surface area contributed by atoms with Gasteiger partial charge in [0.1, 0.15) is 5.75 Å². The van der Waals surface area contributed by atoms with Gasteiger partial charge in [0.25, 0.3) is 0 Å². The van der Waals surface area contributed by atoms with E-state index in [1.165, 1.54) is 44.6 Å². The number of anilines is 2. The van der Waals surface area contributed by atoms with Crippen LogP contribution < -0.4 is 10.6 Å². The van der Waals surface area contributed by atoms with E-state index in [1.807, 2.05) is 0 Å². The zero-order valence-corrected chi connectivity index (χ0v) is 13.5. The lowest BCUT2D eigenvalue weighted by atomic mass is 10.1. The number of nitrogens with one attached hydrogen (secondary N) is 2. The van der Waals surface area contributed by atoms with Crippen LogP contribution in [0.4, 0.5) is 16.2 Å². The van der Waals surface area contributed by atoms with Crippen LogP contribution in [0.2, 0.25) is 0 Å². The van der Waals surface area contributed by atoms with Gasteiger partial charge in [0, 0.05) is 0 Å². The lowest BCUT2D eigenvalue weighted by molar-refractivity contribution is 0.0587. The van der Waals surface area contributed by atoms with Crippen LogP contribution in [-0.2, 0) is 9.47 Å². The molecule has 0 atom stereocenters. The normalized spacial score (nSPS) is 9.84. The Hall–Kier alpha value is -3.55. The van der Waals surface area contributed by atoms with Gasteiger partial charge in [0.05, 0.1) is 36.7 Å². The molecule has 0 aromatic heterocycles. The summed E-state index contributed by atoms with van der Waals surface area (Å²) in [5.41, 5.74) is 0.446. The Morgan fingerprint density at radius 3 is 2.16 bits per heavy atom. The number of benzene rings is 2. The molecular formula is C17H16N2O6. The van der Waals surface area contributed by atoms with Crippen LogP contribution in [0.1, 0.15) is 20.7 Å². The zero-order chi connectivity index (χ0) is 18.4. The van der Waals surface area contributed by atoms with Gasteiger partial charge in [0.15, 0.2) is 0 Å². The first-order valence-corrected chi connectivity index (χ1v) is 7.13. The third kappa shape index (κ3) is 4.25. The average Bonchev–Trinajstić information content (AvgIpc) is 2.62. The molecule has 0 aliphatic rings. The molecule has 2 rings (SSSR count). The van der Waals surface area contributed by atoms with Crippen LogP contribution in [0.3, 0.4) is 0 Å². The van der Waals surface area contributed by atoms with Crippen molar-refractivity contribution in [2.45, 2.75) is 0 Å². The Balaban J connectivity index is 2.29. The first-order valence-electron chi connectivity index (χ1n) is 7.13. The number of para-hydroxylation sites is 2.